The van der Waals surface area contributed by atoms with Gasteiger partial charge in [0.05, 0.1) is 0 Å². The number of piperidine rings is 1. The average Bonchev–Trinajstić information content (AvgIpc) is 2.53. The maximum Gasteiger partial charge on any atom is 0.260 e. The number of likely N-dealkylation sites (tertiary alicyclic amines) is 1. The lowest BCUT2D eigenvalue weighted by atomic mass is 10.0. The lowest BCUT2D eigenvalue weighted by Gasteiger charge is -2.27. The van der Waals surface area contributed by atoms with Gasteiger partial charge in [-0.1, -0.05) is 6.07 Å². The molecule has 0 bridgehead atoms. The van der Waals surface area contributed by atoms with Gasteiger partial charge in [0.2, 0.25) is 5.91 Å². The molecule has 0 spiro atoms. The minimum absolute atomic E-state index is 0.0315. The van der Waals surface area contributed by atoms with Gasteiger partial charge in [-0.05, 0) is 37.8 Å². The van der Waals surface area contributed by atoms with Crippen LogP contribution >= 0.6 is 0 Å². The Balaban J connectivity index is 1.64. The van der Waals surface area contributed by atoms with Crippen molar-refractivity contribution < 1.29 is 14.3 Å². The van der Waals surface area contributed by atoms with Crippen molar-refractivity contribution in [2.75, 3.05) is 25.0 Å². The smallest absolute Gasteiger partial charge is 0.260 e. The van der Waals surface area contributed by atoms with Crippen LogP contribution < -0.4 is 10.1 Å². The Hall–Kier alpha value is -2.04. The zero-order valence-corrected chi connectivity index (χ0v) is 12.1. The summed E-state index contributed by atoms with van der Waals surface area (Å²) in [7, 11) is 0. The van der Waals surface area contributed by atoms with Gasteiger partial charge < -0.3 is 15.0 Å². The number of amides is 2. The van der Waals surface area contributed by atoms with Crippen LogP contribution in [0.15, 0.2) is 18.2 Å². The minimum atomic E-state index is 0.0315. The van der Waals surface area contributed by atoms with Crippen LogP contribution in [0.4, 0.5) is 5.69 Å². The Morgan fingerprint density at radius 2 is 2.00 bits per heavy atom. The van der Waals surface area contributed by atoms with E-state index in [9.17, 15) is 9.59 Å². The highest BCUT2D eigenvalue weighted by Crippen LogP contribution is 2.31. The number of benzene rings is 1. The van der Waals surface area contributed by atoms with Crippen molar-refractivity contribution in [1.29, 1.82) is 0 Å². The van der Waals surface area contributed by atoms with Gasteiger partial charge >= 0.3 is 0 Å². The van der Waals surface area contributed by atoms with Gasteiger partial charge in [0.15, 0.2) is 6.61 Å². The second-order valence-corrected chi connectivity index (χ2v) is 5.56. The van der Waals surface area contributed by atoms with Crippen LogP contribution in [0.25, 0.3) is 0 Å². The van der Waals surface area contributed by atoms with E-state index in [0.717, 1.165) is 37.2 Å². The molecule has 0 atom stereocenters. The molecule has 1 aromatic carbocycles. The number of nitrogens with zero attached hydrogens (tertiary/aromatic N) is 1. The molecule has 112 valence electrons. The summed E-state index contributed by atoms with van der Waals surface area (Å²) in [5.41, 5.74) is 1.79. The largest absolute Gasteiger partial charge is 0.483 e. The third-order valence-electron chi connectivity index (χ3n) is 4.07. The van der Waals surface area contributed by atoms with Gasteiger partial charge in [-0.3, -0.25) is 9.59 Å². The van der Waals surface area contributed by atoms with Gasteiger partial charge in [-0.25, -0.2) is 0 Å². The molecule has 0 unspecified atom stereocenters. The van der Waals surface area contributed by atoms with E-state index in [1.165, 1.54) is 6.42 Å². The number of fused-ring (bicyclic) bond motifs is 1. The molecule has 0 aliphatic carbocycles. The molecular weight excluding hydrogens is 268 g/mol. The van der Waals surface area contributed by atoms with Crippen LogP contribution in [0.2, 0.25) is 0 Å². The Bertz CT molecular complexity index is 550. The first kappa shape index (κ1) is 13.9. The molecule has 2 heterocycles. The van der Waals surface area contributed by atoms with Crippen LogP contribution in [0.5, 0.6) is 5.75 Å². The zero-order valence-electron chi connectivity index (χ0n) is 12.1. The Kier molecular flexibility index (Phi) is 4.08. The SMILES string of the molecule is O=C1CCc2c(cccc2OCC(=O)N2CCCCC2)N1. The van der Waals surface area contributed by atoms with Crippen LogP contribution in [-0.2, 0) is 16.0 Å². The fraction of sp³-hybridized carbons (Fsp3) is 0.500. The van der Waals surface area contributed by atoms with Gasteiger partial charge in [0, 0.05) is 30.8 Å². The fourth-order valence-corrected chi connectivity index (χ4v) is 2.90. The molecular formula is C16H20N2O3. The highest BCUT2D eigenvalue weighted by atomic mass is 16.5. The fourth-order valence-electron chi connectivity index (χ4n) is 2.90. The number of ether oxygens (including phenoxy) is 1. The molecule has 2 aliphatic rings. The van der Waals surface area contributed by atoms with E-state index in [-0.39, 0.29) is 18.4 Å². The lowest BCUT2D eigenvalue weighted by Crippen LogP contribution is -2.38. The first-order valence-electron chi connectivity index (χ1n) is 7.56. The monoisotopic (exact) mass is 288 g/mol. The number of nitrogens with one attached hydrogen (secondary N) is 1. The van der Waals surface area contributed by atoms with E-state index in [2.05, 4.69) is 5.32 Å². The van der Waals surface area contributed by atoms with Crippen molar-refractivity contribution in [2.45, 2.75) is 32.1 Å². The third kappa shape index (κ3) is 3.17. The summed E-state index contributed by atoms with van der Waals surface area (Å²) in [6.45, 7) is 1.75. The van der Waals surface area contributed by atoms with E-state index in [1.807, 2.05) is 23.1 Å². The van der Waals surface area contributed by atoms with E-state index >= 15 is 0 Å². The van der Waals surface area contributed by atoms with E-state index < -0.39 is 0 Å². The van der Waals surface area contributed by atoms with E-state index in [1.54, 1.807) is 0 Å². The molecule has 1 fully saturated rings. The van der Waals surface area contributed by atoms with Gasteiger partial charge in [0.25, 0.3) is 5.91 Å². The Morgan fingerprint density at radius 3 is 2.81 bits per heavy atom. The number of carbonyl (C=O) groups excluding carboxylic acids is 2. The standard InChI is InChI=1S/C16H20N2O3/c19-15-8-7-12-13(17-15)5-4-6-14(12)21-11-16(20)18-9-2-1-3-10-18/h4-6H,1-3,7-11H2,(H,17,19). The van der Waals surface area contributed by atoms with Crippen molar-refractivity contribution in [3.63, 3.8) is 0 Å². The highest BCUT2D eigenvalue weighted by molar-refractivity contribution is 5.94. The zero-order chi connectivity index (χ0) is 14.7. The lowest BCUT2D eigenvalue weighted by molar-refractivity contribution is -0.134. The van der Waals surface area contributed by atoms with Crippen LogP contribution in [0.1, 0.15) is 31.2 Å². The summed E-state index contributed by atoms with van der Waals surface area (Å²) in [4.78, 5) is 25.4. The van der Waals surface area contributed by atoms with Crippen molar-refractivity contribution in [3.8, 4) is 5.75 Å². The number of hydrogen-bond acceptors (Lipinski definition) is 3. The van der Waals surface area contributed by atoms with Crippen molar-refractivity contribution in [1.82, 2.24) is 4.90 Å². The van der Waals surface area contributed by atoms with Crippen LogP contribution in [0.3, 0.4) is 0 Å². The maximum atomic E-state index is 12.1. The molecule has 21 heavy (non-hydrogen) atoms. The average molecular weight is 288 g/mol. The number of anilines is 1. The first-order chi connectivity index (χ1) is 10.2. The van der Waals surface area contributed by atoms with E-state index in [0.29, 0.717) is 18.6 Å². The van der Waals surface area contributed by atoms with Gasteiger partial charge in [-0.2, -0.15) is 0 Å². The molecule has 0 radical (unpaired) electrons. The second-order valence-electron chi connectivity index (χ2n) is 5.56. The summed E-state index contributed by atoms with van der Waals surface area (Å²) in [6, 6.07) is 5.57. The second kappa shape index (κ2) is 6.16. The summed E-state index contributed by atoms with van der Waals surface area (Å²) >= 11 is 0. The Labute approximate surface area is 124 Å². The predicted octanol–water partition coefficient (Wildman–Crippen LogP) is 1.96. The van der Waals surface area contributed by atoms with E-state index in [4.69, 9.17) is 4.74 Å². The first-order valence-corrected chi connectivity index (χ1v) is 7.56. The molecule has 5 nitrogen and oxygen atoms in total. The number of carbonyl (C=O) groups is 2. The molecule has 2 amide bonds. The van der Waals surface area contributed by atoms with Gasteiger partial charge in [-0.15, -0.1) is 0 Å². The molecule has 5 heteroatoms. The molecule has 1 aromatic rings. The van der Waals surface area contributed by atoms with Crippen molar-refractivity contribution in [2.24, 2.45) is 0 Å². The summed E-state index contributed by atoms with van der Waals surface area (Å²) in [5.74, 6) is 0.786. The van der Waals surface area contributed by atoms with Crippen LogP contribution in [0, 0.1) is 0 Å². The quantitative estimate of drug-likeness (QED) is 0.925. The summed E-state index contributed by atoms with van der Waals surface area (Å²) in [5, 5.41) is 2.84. The van der Waals surface area contributed by atoms with Crippen LogP contribution in [-0.4, -0.2) is 36.4 Å². The van der Waals surface area contributed by atoms with Crippen molar-refractivity contribution in [3.05, 3.63) is 23.8 Å². The normalized spacial score (nSPS) is 17.9. The third-order valence-corrected chi connectivity index (χ3v) is 4.07. The molecule has 2 aliphatic heterocycles. The number of rotatable bonds is 3. The maximum absolute atomic E-state index is 12.1. The summed E-state index contributed by atoms with van der Waals surface area (Å²) in [6.07, 6.45) is 4.50. The topological polar surface area (TPSA) is 58.6 Å². The predicted molar refractivity (Wildman–Crippen MR) is 79.3 cm³/mol. The molecule has 1 N–H and O–H groups in total. The Morgan fingerprint density at radius 1 is 1.19 bits per heavy atom. The summed E-state index contributed by atoms with van der Waals surface area (Å²) < 4.78 is 5.71. The highest BCUT2D eigenvalue weighted by Gasteiger charge is 2.20. The molecule has 1 saturated heterocycles. The molecule has 0 saturated carbocycles. The number of hydrogen-bond donors (Lipinski definition) is 1. The minimum Gasteiger partial charge on any atom is -0.483 e. The van der Waals surface area contributed by atoms with Crippen molar-refractivity contribution >= 4 is 17.5 Å². The van der Waals surface area contributed by atoms with Gasteiger partial charge in [0.1, 0.15) is 5.75 Å². The molecule has 3 rings (SSSR count). The molecule has 0 aromatic heterocycles.